The number of ether oxygens (including phenoxy) is 1. The van der Waals surface area contributed by atoms with Crippen LogP contribution in [0.1, 0.15) is 22.5 Å². The third-order valence-corrected chi connectivity index (χ3v) is 5.77. The Bertz CT molecular complexity index is 1270. The van der Waals surface area contributed by atoms with E-state index in [1.807, 2.05) is 39.0 Å². The molecule has 1 saturated heterocycles. The Balaban J connectivity index is 1.77. The van der Waals surface area contributed by atoms with Crippen molar-refractivity contribution < 1.29 is 14.3 Å². The zero-order chi connectivity index (χ0) is 23.0. The van der Waals surface area contributed by atoms with Crippen LogP contribution >= 0.6 is 12.2 Å². The number of hydrogen-bond donors (Lipinski definition) is 1. The minimum Gasteiger partial charge on any atom is -0.495 e. The lowest BCUT2D eigenvalue weighted by Gasteiger charge is -2.29. The summed E-state index contributed by atoms with van der Waals surface area (Å²) in [5, 5.41) is 2.65. The van der Waals surface area contributed by atoms with Crippen molar-refractivity contribution in [2.24, 2.45) is 0 Å². The summed E-state index contributed by atoms with van der Waals surface area (Å²) in [6.07, 6.45) is 1.62. The van der Waals surface area contributed by atoms with Gasteiger partial charge in [-0.25, -0.2) is 4.90 Å². The monoisotopic (exact) mass is 445 g/mol. The highest BCUT2D eigenvalue weighted by molar-refractivity contribution is 7.80. The summed E-state index contributed by atoms with van der Waals surface area (Å²) in [5.74, 6) is -0.536. The fraction of sp³-hybridized carbons (Fsp3) is 0.160. The van der Waals surface area contributed by atoms with Gasteiger partial charge in [-0.3, -0.25) is 14.9 Å². The summed E-state index contributed by atoms with van der Waals surface area (Å²) in [5.41, 5.74) is 5.39. The average molecular weight is 446 g/mol. The lowest BCUT2D eigenvalue weighted by molar-refractivity contribution is -0.122. The third-order valence-electron chi connectivity index (χ3n) is 5.49. The van der Waals surface area contributed by atoms with Gasteiger partial charge in [-0.1, -0.05) is 29.8 Å². The Morgan fingerprint density at radius 3 is 2.38 bits per heavy atom. The number of aromatic nitrogens is 1. The molecule has 162 valence electrons. The molecule has 0 aliphatic carbocycles. The number of nitrogens with zero attached hydrogens (tertiary/aromatic N) is 2. The number of rotatable bonds is 4. The molecule has 0 radical (unpaired) electrons. The molecule has 0 saturated carbocycles. The quantitative estimate of drug-likeness (QED) is 0.371. The van der Waals surface area contributed by atoms with Crippen molar-refractivity contribution in [2.45, 2.75) is 20.8 Å². The van der Waals surface area contributed by atoms with Gasteiger partial charge in [0.25, 0.3) is 11.8 Å². The molecule has 4 rings (SSSR count). The molecule has 7 heteroatoms. The van der Waals surface area contributed by atoms with Crippen LogP contribution in [0.5, 0.6) is 5.75 Å². The Kier molecular flexibility index (Phi) is 5.67. The molecule has 0 spiro atoms. The van der Waals surface area contributed by atoms with Crippen molar-refractivity contribution in [1.82, 2.24) is 9.88 Å². The van der Waals surface area contributed by atoms with Crippen molar-refractivity contribution in [3.63, 3.8) is 0 Å². The highest BCUT2D eigenvalue weighted by Crippen LogP contribution is 2.31. The van der Waals surface area contributed by atoms with E-state index in [1.54, 1.807) is 30.3 Å². The number of carbonyl (C=O) groups is 2. The first-order valence-corrected chi connectivity index (χ1v) is 10.5. The molecular formula is C25H23N3O3S. The first-order valence-electron chi connectivity index (χ1n) is 10.1. The molecule has 6 nitrogen and oxygen atoms in total. The molecule has 0 unspecified atom stereocenters. The zero-order valence-corrected chi connectivity index (χ0v) is 19.1. The maximum atomic E-state index is 13.4. The summed E-state index contributed by atoms with van der Waals surface area (Å²) in [6, 6.07) is 17.2. The summed E-state index contributed by atoms with van der Waals surface area (Å²) in [4.78, 5) is 27.4. The fourth-order valence-electron chi connectivity index (χ4n) is 3.87. The van der Waals surface area contributed by atoms with E-state index < -0.39 is 11.8 Å². The molecule has 2 amide bonds. The van der Waals surface area contributed by atoms with Crippen LogP contribution < -0.4 is 15.0 Å². The van der Waals surface area contributed by atoms with E-state index in [4.69, 9.17) is 17.0 Å². The number of aryl methyl sites for hydroxylation is 2. The Labute approximate surface area is 192 Å². The first-order chi connectivity index (χ1) is 15.3. The number of nitrogens with one attached hydrogen (secondary N) is 1. The summed E-state index contributed by atoms with van der Waals surface area (Å²) in [6.45, 7) is 6.00. The summed E-state index contributed by atoms with van der Waals surface area (Å²) < 4.78 is 7.48. The smallest absolute Gasteiger partial charge is 0.270 e. The maximum Gasteiger partial charge on any atom is 0.270 e. The van der Waals surface area contributed by atoms with Gasteiger partial charge < -0.3 is 9.30 Å². The van der Waals surface area contributed by atoms with Gasteiger partial charge in [0, 0.05) is 17.1 Å². The van der Waals surface area contributed by atoms with Gasteiger partial charge in [0.2, 0.25) is 0 Å². The molecule has 1 aliphatic rings. The largest absolute Gasteiger partial charge is 0.495 e. The molecule has 2 aromatic carbocycles. The first kappa shape index (κ1) is 21.5. The molecular weight excluding hydrogens is 422 g/mol. The van der Waals surface area contributed by atoms with Crippen LogP contribution in [0.15, 0.2) is 60.2 Å². The lowest BCUT2D eigenvalue weighted by Crippen LogP contribution is -2.54. The third kappa shape index (κ3) is 3.71. The fourth-order valence-corrected chi connectivity index (χ4v) is 4.15. The van der Waals surface area contributed by atoms with Crippen LogP contribution in [0, 0.1) is 20.8 Å². The minimum atomic E-state index is -0.522. The topological polar surface area (TPSA) is 63.6 Å². The van der Waals surface area contributed by atoms with Gasteiger partial charge in [-0.2, -0.15) is 0 Å². The van der Waals surface area contributed by atoms with E-state index in [1.165, 1.54) is 17.6 Å². The van der Waals surface area contributed by atoms with Crippen LogP contribution in [0.2, 0.25) is 0 Å². The van der Waals surface area contributed by atoms with Gasteiger partial charge in [0.05, 0.1) is 12.8 Å². The van der Waals surface area contributed by atoms with E-state index in [2.05, 4.69) is 22.0 Å². The predicted octanol–water partition coefficient (Wildman–Crippen LogP) is 4.24. The molecule has 32 heavy (non-hydrogen) atoms. The van der Waals surface area contributed by atoms with Crippen LogP contribution in [0.4, 0.5) is 5.69 Å². The predicted molar refractivity (Wildman–Crippen MR) is 129 cm³/mol. The van der Waals surface area contributed by atoms with Gasteiger partial charge in [0.1, 0.15) is 11.3 Å². The second-order valence-corrected chi connectivity index (χ2v) is 8.01. The molecule has 1 aromatic heterocycles. The summed E-state index contributed by atoms with van der Waals surface area (Å²) >= 11 is 5.30. The number of anilines is 1. The number of para-hydroxylation sites is 2. The second kappa shape index (κ2) is 8.43. The van der Waals surface area contributed by atoms with Crippen LogP contribution in [-0.2, 0) is 9.59 Å². The molecule has 2 heterocycles. The number of hydrogen-bond acceptors (Lipinski definition) is 4. The molecule has 1 N–H and O–H groups in total. The molecule has 0 atom stereocenters. The Hall–Kier alpha value is -3.71. The number of methoxy groups -OCH3 is 1. The normalized spacial score (nSPS) is 15.3. The Morgan fingerprint density at radius 1 is 1.00 bits per heavy atom. The number of benzene rings is 2. The number of carbonyl (C=O) groups excluding carboxylic acids is 2. The standard InChI is InChI=1S/C25H23N3O3S/c1-15-9-11-19(12-10-15)27-16(2)13-18(17(27)3)14-20-23(29)26-25(32)28(24(20)30)21-7-5-6-8-22(21)31-4/h5-14H,1-4H3,(H,26,29,32). The van der Waals surface area contributed by atoms with Crippen molar-refractivity contribution >= 4 is 40.9 Å². The van der Waals surface area contributed by atoms with Gasteiger partial charge in [-0.15, -0.1) is 0 Å². The zero-order valence-electron chi connectivity index (χ0n) is 18.3. The number of amides is 2. The SMILES string of the molecule is COc1ccccc1N1C(=O)C(=Cc2cc(C)n(-c3ccc(C)cc3)c2C)C(=O)NC1=S. The van der Waals surface area contributed by atoms with Crippen LogP contribution in [0.3, 0.4) is 0 Å². The number of thiocarbonyl (C=S) groups is 1. The maximum absolute atomic E-state index is 13.4. The molecule has 3 aromatic rings. The molecule has 1 aliphatic heterocycles. The lowest BCUT2D eigenvalue weighted by atomic mass is 10.1. The molecule has 0 bridgehead atoms. The molecule has 1 fully saturated rings. The Morgan fingerprint density at radius 2 is 1.69 bits per heavy atom. The average Bonchev–Trinajstić information content (AvgIpc) is 3.05. The van der Waals surface area contributed by atoms with E-state index in [0.717, 1.165) is 22.6 Å². The minimum absolute atomic E-state index is 0.00802. The van der Waals surface area contributed by atoms with Crippen LogP contribution in [0.25, 0.3) is 11.8 Å². The second-order valence-electron chi connectivity index (χ2n) is 7.63. The van der Waals surface area contributed by atoms with E-state index in [-0.39, 0.29) is 10.7 Å². The van der Waals surface area contributed by atoms with Crippen molar-refractivity contribution in [3.05, 3.63) is 82.7 Å². The van der Waals surface area contributed by atoms with E-state index >= 15 is 0 Å². The van der Waals surface area contributed by atoms with Crippen molar-refractivity contribution in [3.8, 4) is 11.4 Å². The summed E-state index contributed by atoms with van der Waals surface area (Å²) in [7, 11) is 1.52. The van der Waals surface area contributed by atoms with E-state index in [9.17, 15) is 9.59 Å². The highest BCUT2D eigenvalue weighted by Gasteiger charge is 2.36. The van der Waals surface area contributed by atoms with Gasteiger partial charge >= 0.3 is 0 Å². The van der Waals surface area contributed by atoms with Crippen molar-refractivity contribution in [2.75, 3.05) is 12.0 Å². The van der Waals surface area contributed by atoms with Gasteiger partial charge in [-0.05, 0) is 75.0 Å². The highest BCUT2D eigenvalue weighted by atomic mass is 32.1. The van der Waals surface area contributed by atoms with Crippen LogP contribution in [-0.4, -0.2) is 28.6 Å². The van der Waals surface area contributed by atoms with Gasteiger partial charge in [0.15, 0.2) is 5.11 Å². The van der Waals surface area contributed by atoms with Crippen molar-refractivity contribution in [1.29, 1.82) is 0 Å². The van der Waals surface area contributed by atoms with E-state index in [0.29, 0.717) is 11.4 Å².